The van der Waals surface area contributed by atoms with Crippen LogP contribution in [0.4, 0.5) is 0 Å². The van der Waals surface area contributed by atoms with Crippen molar-refractivity contribution >= 4 is 22.6 Å². The standard InChI is InChI=1S/C16H15IN2/c17-16-15(13-9-5-2-6-10-13)18-14(19-16)11-12-7-3-1-4-8-12/h1-9,13H,10-11H2,(H,18,19). The van der Waals surface area contributed by atoms with E-state index in [1.807, 2.05) is 6.07 Å². The molecule has 96 valence electrons. The van der Waals surface area contributed by atoms with E-state index in [0.717, 1.165) is 22.4 Å². The molecule has 0 bridgehead atoms. The number of nitrogens with zero attached hydrogens (tertiary/aromatic N) is 1. The van der Waals surface area contributed by atoms with Crippen molar-refractivity contribution in [2.45, 2.75) is 18.8 Å². The van der Waals surface area contributed by atoms with Crippen molar-refractivity contribution in [3.63, 3.8) is 0 Å². The lowest BCUT2D eigenvalue weighted by atomic mass is 9.98. The molecule has 0 aliphatic heterocycles. The third kappa shape index (κ3) is 2.97. The Bertz CT molecular complexity index is 611. The minimum absolute atomic E-state index is 0.439. The van der Waals surface area contributed by atoms with Gasteiger partial charge in [0.25, 0.3) is 0 Å². The highest BCUT2D eigenvalue weighted by molar-refractivity contribution is 14.1. The molecule has 0 fully saturated rings. The second kappa shape index (κ2) is 5.74. The zero-order chi connectivity index (χ0) is 13.1. The molecule has 19 heavy (non-hydrogen) atoms. The first-order valence-corrected chi connectivity index (χ1v) is 7.52. The van der Waals surface area contributed by atoms with Crippen LogP contribution >= 0.6 is 22.6 Å². The summed E-state index contributed by atoms with van der Waals surface area (Å²) in [4.78, 5) is 8.15. The Morgan fingerprint density at radius 3 is 2.79 bits per heavy atom. The zero-order valence-corrected chi connectivity index (χ0v) is 12.7. The normalized spacial score (nSPS) is 17.8. The number of allylic oxidation sites excluding steroid dienone is 4. The van der Waals surface area contributed by atoms with Crippen LogP contribution in [0, 0.1) is 3.70 Å². The van der Waals surface area contributed by atoms with Gasteiger partial charge in [-0.25, -0.2) is 4.98 Å². The first-order valence-electron chi connectivity index (χ1n) is 6.44. The maximum absolute atomic E-state index is 4.65. The summed E-state index contributed by atoms with van der Waals surface area (Å²) in [5, 5.41) is 0. The Morgan fingerprint density at radius 1 is 1.21 bits per heavy atom. The molecule has 1 aromatic heterocycles. The predicted molar refractivity (Wildman–Crippen MR) is 86.2 cm³/mol. The topological polar surface area (TPSA) is 28.7 Å². The van der Waals surface area contributed by atoms with Crippen molar-refractivity contribution < 1.29 is 0 Å². The monoisotopic (exact) mass is 362 g/mol. The largest absolute Gasteiger partial charge is 0.344 e. The van der Waals surface area contributed by atoms with E-state index >= 15 is 0 Å². The molecule has 2 nitrogen and oxygen atoms in total. The van der Waals surface area contributed by atoms with E-state index in [0.29, 0.717) is 5.92 Å². The van der Waals surface area contributed by atoms with Crippen molar-refractivity contribution in [3.05, 3.63) is 75.4 Å². The molecule has 1 atom stereocenters. The van der Waals surface area contributed by atoms with Gasteiger partial charge in [0.2, 0.25) is 0 Å². The Balaban J connectivity index is 1.81. The van der Waals surface area contributed by atoms with Gasteiger partial charge >= 0.3 is 0 Å². The molecule has 1 heterocycles. The molecule has 3 heteroatoms. The van der Waals surface area contributed by atoms with Crippen molar-refractivity contribution in [1.29, 1.82) is 0 Å². The molecule has 1 aromatic carbocycles. The lowest BCUT2D eigenvalue weighted by molar-refractivity contribution is 0.813. The number of imidazole rings is 1. The molecule has 0 spiro atoms. The van der Waals surface area contributed by atoms with E-state index in [-0.39, 0.29) is 0 Å². The van der Waals surface area contributed by atoms with Crippen molar-refractivity contribution in [2.24, 2.45) is 0 Å². The van der Waals surface area contributed by atoms with E-state index in [2.05, 4.69) is 81.1 Å². The van der Waals surface area contributed by atoms with Crippen molar-refractivity contribution in [1.82, 2.24) is 9.97 Å². The van der Waals surface area contributed by atoms with Crippen LogP contribution in [0.15, 0.2) is 54.6 Å². The maximum Gasteiger partial charge on any atom is 0.123 e. The quantitative estimate of drug-likeness (QED) is 0.815. The van der Waals surface area contributed by atoms with Crippen molar-refractivity contribution in [2.75, 3.05) is 0 Å². The van der Waals surface area contributed by atoms with Crippen molar-refractivity contribution in [3.8, 4) is 0 Å². The Morgan fingerprint density at radius 2 is 2.05 bits per heavy atom. The Labute approximate surface area is 126 Å². The van der Waals surface area contributed by atoms with Gasteiger partial charge in [0.15, 0.2) is 0 Å². The summed E-state index contributed by atoms with van der Waals surface area (Å²) >= 11 is 2.33. The number of rotatable bonds is 3. The SMILES string of the molecule is Ic1nc(Cc2ccccc2)[nH]c1C1C=CC=CC1. The minimum atomic E-state index is 0.439. The molecule has 0 amide bonds. The lowest BCUT2D eigenvalue weighted by Gasteiger charge is -2.11. The Kier molecular flexibility index (Phi) is 3.82. The average Bonchev–Trinajstić information content (AvgIpc) is 2.82. The van der Waals surface area contributed by atoms with Gasteiger partial charge in [-0.1, -0.05) is 54.6 Å². The van der Waals surface area contributed by atoms with Gasteiger partial charge in [0.1, 0.15) is 9.53 Å². The summed E-state index contributed by atoms with van der Waals surface area (Å²) in [7, 11) is 0. The molecule has 1 unspecified atom stereocenters. The molecule has 1 aliphatic carbocycles. The summed E-state index contributed by atoms with van der Waals surface area (Å²) in [6.45, 7) is 0. The van der Waals surface area contributed by atoms with E-state index in [1.54, 1.807) is 0 Å². The van der Waals surface area contributed by atoms with Gasteiger partial charge in [0, 0.05) is 12.3 Å². The third-order valence-corrected chi connectivity index (χ3v) is 4.12. The van der Waals surface area contributed by atoms with E-state index in [1.165, 1.54) is 11.3 Å². The molecule has 1 aliphatic rings. The number of hydrogen-bond donors (Lipinski definition) is 1. The van der Waals surface area contributed by atoms with Gasteiger partial charge in [-0.3, -0.25) is 0 Å². The number of hydrogen-bond acceptors (Lipinski definition) is 1. The van der Waals surface area contributed by atoms with Gasteiger partial charge < -0.3 is 4.98 Å². The number of nitrogens with one attached hydrogen (secondary N) is 1. The molecule has 0 saturated heterocycles. The molecule has 0 saturated carbocycles. The fourth-order valence-corrected chi connectivity index (χ4v) is 3.15. The second-order valence-electron chi connectivity index (χ2n) is 4.71. The van der Waals surface area contributed by atoms with Gasteiger partial charge in [-0.2, -0.15) is 0 Å². The van der Waals surface area contributed by atoms with Crippen LogP contribution in [0.25, 0.3) is 0 Å². The highest BCUT2D eigenvalue weighted by atomic mass is 127. The fourth-order valence-electron chi connectivity index (χ4n) is 2.33. The molecule has 1 N–H and O–H groups in total. The second-order valence-corrected chi connectivity index (χ2v) is 5.73. The maximum atomic E-state index is 4.65. The third-order valence-electron chi connectivity index (χ3n) is 3.30. The highest BCUT2D eigenvalue weighted by Crippen LogP contribution is 2.27. The predicted octanol–water partition coefficient (Wildman–Crippen LogP) is 4.20. The molecule has 0 radical (unpaired) electrons. The van der Waals surface area contributed by atoms with E-state index in [4.69, 9.17) is 0 Å². The Hall–Kier alpha value is -1.36. The number of halogens is 1. The van der Waals surface area contributed by atoms with Gasteiger partial charge in [0.05, 0.1) is 5.69 Å². The molecule has 3 rings (SSSR count). The van der Waals surface area contributed by atoms with Gasteiger partial charge in [-0.05, 0) is 34.6 Å². The number of aromatic nitrogens is 2. The van der Waals surface area contributed by atoms with Crippen LogP contribution in [-0.2, 0) is 6.42 Å². The average molecular weight is 362 g/mol. The lowest BCUT2D eigenvalue weighted by Crippen LogP contribution is -1.99. The molecule has 2 aromatic rings. The highest BCUT2D eigenvalue weighted by Gasteiger charge is 2.16. The van der Waals surface area contributed by atoms with E-state index in [9.17, 15) is 0 Å². The van der Waals surface area contributed by atoms with Crippen LogP contribution in [-0.4, -0.2) is 9.97 Å². The molecular weight excluding hydrogens is 347 g/mol. The summed E-state index contributed by atoms with van der Waals surface area (Å²) in [5.41, 5.74) is 2.53. The van der Waals surface area contributed by atoms with Gasteiger partial charge in [-0.15, -0.1) is 0 Å². The first kappa shape index (κ1) is 12.7. The summed E-state index contributed by atoms with van der Waals surface area (Å²) in [5.74, 6) is 1.49. The number of benzene rings is 1. The van der Waals surface area contributed by atoms with Crippen LogP contribution in [0.3, 0.4) is 0 Å². The summed E-state index contributed by atoms with van der Waals surface area (Å²) < 4.78 is 1.09. The van der Waals surface area contributed by atoms with E-state index < -0.39 is 0 Å². The number of H-pyrrole nitrogens is 1. The van der Waals surface area contributed by atoms with Crippen LogP contribution in [0.5, 0.6) is 0 Å². The zero-order valence-electron chi connectivity index (χ0n) is 10.5. The first-order chi connectivity index (χ1) is 9.33. The summed E-state index contributed by atoms with van der Waals surface area (Å²) in [6, 6.07) is 10.5. The van der Waals surface area contributed by atoms with Crippen LogP contribution in [0.2, 0.25) is 0 Å². The van der Waals surface area contributed by atoms with Crippen LogP contribution < -0.4 is 0 Å². The fraction of sp³-hybridized carbons (Fsp3) is 0.188. The minimum Gasteiger partial charge on any atom is -0.344 e. The summed E-state index contributed by atoms with van der Waals surface area (Å²) in [6.07, 6.45) is 10.6. The smallest absolute Gasteiger partial charge is 0.123 e. The number of aromatic amines is 1. The van der Waals surface area contributed by atoms with Crippen LogP contribution in [0.1, 0.15) is 29.4 Å². The molecular formula is C16H15IN2.